The quantitative estimate of drug-likeness (QED) is 0.815. The maximum Gasteiger partial charge on any atom is 0.255 e. The lowest BCUT2D eigenvalue weighted by Crippen LogP contribution is -2.14. The highest BCUT2D eigenvalue weighted by Crippen LogP contribution is 2.25. The first kappa shape index (κ1) is 14.1. The van der Waals surface area contributed by atoms with Crippen molar-refractivity contribution >= 4 is 17.3 Å². The number of amides is 1. The van der Waals surface area contributed by atoms with Gasteiger partial charge in [0, 0.05) is 16.9 Å². The second kappa shape index (κ2) is 5.37. The Balaban J connectivity index is 2.32. The Bertz CT molecular complexity index is 675. The second-order valence-electron chi connectivity index (χ2n) is 5.22. The van der Waals surface area contributed by atoms with Crippen molar-refractivity contribution in [2.24, 2.45) is 0 Å². The molecular weight excluding hydrogens is 248 g/mol. The summed E-state index contributed by atoms with van der Waals surface area (Å²) >= 11 is 0. The maximum absolute atomic E-state index is 12.3. The molecule has 3 heteroatoms. The third-order valence-electron chi connectivity index (χ3n) is 3.72. The molecule has 3 N–H and O–H groups in total. The summed E-state index contributed by atoms with van der Waals surface area (Å²) in [5.41, 5.74) is 12.2. The second-order valence-corrected chi connectivity index (χ2v) is 5.22. The number of anilines is 2. The summed E-state index contributed by atoms with van der Waals surface area (Å²) in [5.74, 6) is -0.107. The smallest absolute Gasteiger partial charge is 0.255 e. The molecule has 0 atom stereocenters. The molecule has 0 aliphatic rings. The Hall–Kier alpha value is -2.29. The lowest BCUT2D eigenvalue weighted by atomic mass is 10.0. The van der Waals surface area contributed by atoms with Crippen LogP contribution < -0.4 is 11.1 Å². The number of carbonyl (C=O) groups excluding carboxylic acids is 1. The van der Waals surface area contributed by atoms with E-state index in [0.717, 1.165) is 22.4 Å². The normalized spacial score (nSPS) is 10.4. The summed E-state index contributed by atoms with van der Waals surface area (Å²) in [6, 6.07) is 9.48. The topological polar surface area (TPSA) is 55.1 Å². The van der Waals surface area contributed by atoms with E-state index >= 15 is 0 Å². The minimum absolute atomic E-state index is 0.107. The number of hydrogen-bond donors (Lipinski definition) is 2. The van der Waals surface area contributed by atoms with Crippen LogP contribution in [-0.2, 0) is 0 Å². The molecule has 0 saturated carbocycles. The first-order chi connectivity index (χ1) is 9.40. The average molecular weight is 268 g/mol. The van der Waals surface area contributed by atoms with Crippen LogP contribution in [0.1, 0.15) is 32.6 Å². The molecule has 3 nitrogen and oxygen atoms in total. The highest BCUT2D eigenvalue weighted by Gasteiger charge is 2.11. The molecule has 1 amide bonds. The fourth-order valence-electron chi connectivity index (χ4n) is 2.12. The van der Waals surface area contributed by atoms with Crippen LogP contribution in [0.2, 0.25) is 0 Å². The molecule has 0 spiro atoms. The van der Waals surface area contributed by atoms with Crippen molar-refractivity contribution in [3.63, 3.8) is 0 Å². The highest BCUT2D eigenvalue weighted by molar-refractivity contribution is 6.05. The van der Waals surface area contributed by atoms with Gasteiger partial charge >= 0.3 is 0 Å². The van der Waals surface area contributed by atoms with E-state index in [2.05, 4.69) is 5.32 Å². The molecule has 0 aliphatic heterocycles. The summed E-state index contributed by atoms with van der Waals surface area (Å²) in [4.78, 5) is 12.3. The Morgan fingerprint density at radius 2 is 1.60 bits per heavy atom. The fraction of sp³-hybridized carbons (Fsp3) is 0.235. The number of nitrogen functional groups attached to an aromatic ring is 1. The van der Waals surface area contributed by atoms with Crippen LogP contribution in [-0.4, -0.2) is 5.91 Å². The van der Waals surface area contributed by atoms with Gasteiger partial charge in [0.1, 0.15) is 0 Å². The van der Waals surface area contributed by atoms with Crippen LogP contribution in [0, 0.1) is 27.7 Å². The Morgan fingerprint density at radius 1 is 0.950 bits per heavy atom. The first-order valence-electron chi connectivity index (χ1n) is 6.64. The number of hydrogen-bond acceptors (Lipinski definition) is 2. The lowest BCUT2D eigenvalue weighted by molar-refractivity contribution is 0.102. The number of rotatable bonds is 2. The van der Waals surface area contributed by atoms with Crippen LogP contribution in [0.3, 0.4) is 0 Å². The zero-order valence-corrected chi connectivity index (χ0v) is 12.4. The zero-order chi connectivity index (χ0) is 14.9. The van der Waals surface area contributed by atoms with Crippen molar-refractivity contribution in [3.05, 3.63) is 58.1 Å². The Labute approximate surface area is 119 Å². The summed E-state index contributed by atoms with van der Waals surface area (Å²) < 4.78 is 0. The van der Waals surface area contributed by atoms with Gasteiger partial charge in [-0.25, -0.2) is 0 Å². The minimum atomic E-state index is -0.107. The van der Waals surface area contributed by atoms with Crippen molar-refractivity contribution in [2.75, 3.05) is 11.1 Å². The maximum atomic E-state index is 12.3. The monoisotopic (exact) mass is 268 g/mol. The SMILES string of the molecule is Cc1ccc(C(=O)Nc2c(C)ccc(N)c2C)cc1C. The van der Waals surface area contributed by atoms with Crippen molar-refractivity contribution in [3.8, 4) is 0 Å². The third kappa shape index (κ3) is 2.67. The summed E-state index contributed by atoms with van der Waals surface area (Å²) in [7, 11) is 0. The van der Waals surface area contributed by atoms with Crippen molar-refractivity contribution in [1.29, 1.82) is 0 Å². The standard InChI is InChI=1S/C17H20N2O/c1-10-5-7-14(9-12(10)3)17(20)19-16-11(2)6-8-15(18)13(16)4/h5-9H,18H2,1-4H3,(H,19,20). The molecule has 0 bridgehead atoms. The van der Waals surface area contributed by atoms with Gasteiger partial charge in [0.05, 0.1) is 0 Å². The van der Waals surface area contributed by atoms with Gasteiger partial charge in [-0.05, 0) is 68.1 Å². The molecule has 0 fully saturated rings. The third-order valence-corrected chi connectivity index (χ3v) is 3.72. The van der Waals surface area contributed by atoms with Gasteiger partial charge in [-0.3, -0.25) is 4.79 Å². The van der Waals surface area contributed by atoms with Crippen LogP contribution in [0.5, 0.6) is 0 Å². The Kier molecular flexibility index (Phi) is 3.79. The van der Waals surface area contributed by atoms with Crippen molar-refractivity contribution in [1.82, 2.24) is 0 Å². The molecule has 0 aromatic heterocycles. The summed E-state index contributed by atoms with van der Waals surface area (Å²) in [6.45, 7) is 7.91. The fourth-order valence-corrected chi connectivity index (χ4v) is 2.12. The molecule has 20 heavy (non-hydrogen) atoms. The molecule has 0 radical (unpaired) electrons. The number of aryl methyl sites for hydroxylation is 3. The molecule has 0 saturated heterocycles. The van der Waals surface area contributed by atoms with Gasteiger partial charge in [0.15, 0.2) is 0 Å². The molecule has 104 valence electrons. The first-order valence-corrected chi connectivity index (χ1v) is 6.64. The minimum Gasteiger partial charge on any atom is -0.398 e. The van der Waals surface area contributed by atoms with E-state index in [4.69, 9.17) is 5.73 Å². The van der Waals surface area contributed by atoms with Crippen molar-refractivity contribution < 1.29 is 4.79 Å². The van der Waals surface area contributed by atoms with Crippen LogP contribution >= 0.6 is 0 Å². The predicted molar refractivity (Wildman–Crippen MR) is 84.2 cm³/mol. The molecule has 0 aliphatic carbocycles. The molecule has 0 heterocycles. The predicted octanol–water partition coefficient (Wildman–Crippen LogP) is 3.75. The largest absolute Gasteiger partial charge is 0.398 e. The van der Waals surface area contributed by atoms with E-state index in [0.29, 0.717) is 11.3 Å². The number of benzene rings is 2. The van der Waals surface area contributed by atoms with Crippen molar-refractivity contribution in [2.45, 2.75) is 27.7 Å². The zero-order valence-electron chi connectivity index (χ0n) is 12.4. The summed E-state index contributed by atoms with van der Waals surface area (Å²) in [6.07, 6.45) is 0. The molecule has 2 rings (SSSR count). The van der Waals surface area contributed by atoms with E-state index in [-0.39, 0.29) is 5.91 Å². The molecular formula is C17H20N2O. The van der Waals surface area contributed by atoms with E-state index in [1.165, 1.54) is 5.56 Å². The van der Waals surface area contributed by atoms with E-state index in [1.807, 2.05) is 58.0 Å². The van der Waals surface area contributed by atoms with Gasteiger partial charge in [-0.15, -0.1) is 0 Å². The van der Waals surface area contributed by atoms with Gasteiger partial charge in [0.25, 0.3) is 5.91 Å². The van der Waals surface area contributed by atoms with Crippen LogP contribution in [0.15, 0.2) is 30.3 Å². The van der Waals surface area contributed by atoms with Crippen LogP contribution in [0.4, 0.5) is 11.4 Å². The number of nitrogens with two attached hydrogens (primary N) is 1. The van der Waals surface area contributed by atoms with E-state index in [1.54, 1.807) is 0 Å². The number of carbonyl (C=O) groups is 1. The van der Waals surface area contributed by atoms with E-state index in [9.17, 15) is 4.79 Å². The van der Waals surface area contributed by atoms with Gasteiger partial charge < -0.3 is 11.1 Å². The van der Waals surface area contributed by atoms with E-state index < -0.39 is 0 Å². The van der Waals surface area contributed by atoms with Gasteiger partial charge in [0.2, 0.25) is 0 Å². The molecule has 2 aromatic carbocycles. The highest BCUT2D eigenvalue weighted by atomic mass is 16.1. The van der Waals surface area contributed by atoms with Gasteiger partial charge in [-0.1, -0.05) is 12.1 Å². The molecule has 0 unspecified atom stereocenters. The lowest BCUT2D eigenvalue weighted by Gasteiger charge is -2.14. The van der Waals surface area contributed by atoms with Gasteiger partial charge in [-0.2, -0.15) is 0 Å². The van der Waals surface area contributed by atoms with Crippen LogP contribution in [0.25, 0.3) is 0 Å². The Morgan fingerprint density at radius 3 is 2.25 bits per heavy atom. The molecule has 2 aromatic rings. The average Bonchev–Trinajstić information content (AvgIpc) is 2.42. The summed E-state index contributed by atoms with van der Waals surface area (Å²) in [5, 5.41) is 2.96. The number of nitrogens with one attached hydrogen (secondary N) is 1.